The summed E-state index contributed by atoms with van der Waals surface area (Å²) in [6.45, 7) is 7.56. The number of aryl methyl sites for hydroxylation is 1. The number of carbonyl (C=O) groups is 1. The summed E-state index contributed by atoms with van der Waals surface area (Å²) in [6.07, 6.45) is 1.10. The Morgan fingerprint density at radius 2 is 1.97 bits per heavy atom. The van der Waals surface area contributed by atoms with E-state index in [-0.39, 0.29) is 22.9 Å². The molecule has 3 aromatic rings. The third-order valence-electron chi connectivity index (χ3n) is 4.87. The fraction of sp³-hybridized carbons (Fsp3) is 0.333. The molecule has 3 rings (SSSR count). The number of aromatic nitrogens is 2. The molecule has 0 fully saturated rings. The van der Waals surface area contributed by atoms with Crippen LogP contribution in [0.15, 0.2) is 43.1 Å². The van der Waals surface area contributed by atoms with Gasteiger partial charge in [0.1, 0.15) is 10.8 Å². The van der Waals surface area contributed by atoms with Gasteiger partial charge in [-0.05, 0) is 61.0 Å². The number of hydrogen-bond acceptors (Lipinski definition) is 7. The van der Waals surface area contributed by atoms with E-state index in [1.165, 1.54) is 10.9 Å². The van der Waals surface area contributed by atoms with Gasteiger partial charge >= 0.3 is 5.97 Å². The number of rotatable bonds is 9. The SMILES string of the molecule is CCOC(=O)[C@H](C)Oc1c(OCC)cc(C=Nn2c(CC)nc3ccc(Br)cc3c2=O)c(Br)c1Cl. The molecule has 0 aliphatic heterocycles. The molecule has 8 nitrogen and oxygen atoms in total. The van der Waals surface area contributed by atoms with Crippen LogP contribution >= 0.6 is 43.5 Å². The molecule has 11 heteroatoms. The molecule has 1 heterocycles. The maximum Gasteiger partial charge on any atom is 0.347 e. The van der Waals surface area contributed by atoms with Crippen LogP contribution in [-0.2, 0) is 16.0 Å². The summed E-state index contributed by atoms with van der Waals surface area (Å²) in [5, 5.41) is 5.05. The molecule has 1 aromatic heterocycles. The Morgan fingerprint density at radius 3 is 2.63 bits per heavy atom. The summed E-state index contributed by atoms with van der Waals surface area (Å²) in [5.74, 6) is 0.509. The maximum absolute atomic E-state index is 13.2. The van der Waals surface area contributed by atoms with Crippen LogP contribution in [0.1, 0.15) is 39.1 Å². The Balaban J connectivity index is 2.07. The summed E-state index contributed by atoms with van der Waals surface area (Å²) in [6, 6.07) is 7.00. The number of carbonyl (C=O) groups excluding carboxylic acids is 1. The third kappa shape index (κ3) is 6.05. The largest absolute Gasteiger partial charge is 0.490 e. The Bertz CT molecular complexity index is 1340. The van der Waals surface area contributed by atoms with Gasteiger partial charge in [0, 0.05) is 20.9 Å². The van der Waals surface area contributed by atoms with Crippen LogP contribution in [0, 0.1) is 0 Å². The molecule has 35 heavy (non-hydrogen) atoms. The van der Waals surface area contributed by atoms with Gasteiger partial charge in [-0.1, -0.05) is 34.5 Å². The summed E-state index contributed by atoms with van der Waals surface area (Å²) >= 11 is 13.4. The second kappa shape index (κ2) is 12.0. The van der Waals surface area contributed by atoms with Crippen LogP contribution < -0.4 is 15.0 Å². The van der Waals surface area contributed by atoms with E-state index in [1.54, 1.807) is 32.0 Å². The lowest BCUT2D eigenvalue weighted by Gasteiger charge is -2.19. The van der Waals surface area contributed by atoms with Crippen LogP contribution in [0.25, 0.3) is 10.9 Å². The average molecular weight is 630 g/mol. The summed E-state index contributed by atoms with van der Waals surface area (Å²) in [7, 11) is 0. The van der Waals surface area contributed by atoms with Crippen LogP contribution in [-0.4, -0.2) is 41.2 Å². The number of benzene rings is 2. The minimum Gasteiger partial charge on any atom is -0.490 e. The molecular formula is C24H24Br2ClN3O5. The van der Waals surface area contributed by atoms with Crippen LogP contribution in [0.3, 0.4) is 0 Å². The van der Waals surface area contributed by atoms with Crippen molar-refractivity contribution in [1.82, 2.24) is 9.66 Å². The highest BCUT2D eigenvalue weighted by atomic mass is 79.9. The highest BCUT2D eigenvalue weighted by Gasteiger charge is 2.23. The Morgan fingerprint density at radius 1 is 1.23 bits per heavy atom. The molecule has 0 aliphatic carbocycles. The van der Waals surface area contributed by atoms with Crippen molar-refractivity contribution < 1.29 is 19.0 Å². The smallest absolute Gasteiger partial charge is 0.347 e. The molecule has 0 saturated heterocycles. The normalized spacial score (nSPS) is 12.2. The van der Waals surface area contributed by atoms with E-state index in [2.05, 4.69) is 41.9 Å². The van der Waals surface area contributed by atoms with Crippen molar-refractivity contribution >= 4 is 66.5 Å². The van der Waals surface area contributed by atoms with Gasteiger partial charge in [0.2, 0.25) is 0 Å². The second-order valence-corrected chi connectivity index (χ2v) is 9.36. The first-order chi connectivity index (χ1) is 16.7. The molecular weight excluding hydrogens is 606 g/mol. The highest BCUT2D eigenvalue weighted by Crippen LogP contribution is 2.43. The Hall–Kier alpha value is -2.43. The maximum atomic E-state index is 13.2. The molecule has 1 atom stereocenters. The van der Waals surface area contributed by atoms with Gasteiger partial charge in [0.05, 0.1) is 30.3 Å². The van der Waals surface area contributed by atoms with Crippen molar-refractivity contribution in [2.75, 3.05) is 13.2 Å². The van der Waals surface area contributed by atoms with Crippen LogP contribution in [0.5, 0.6) is 11.5 Å². The monoisotopic (exact) mass is 627 g/mol. The first-order valence-electron chi connectivity index (χ1n) is 10.9. The minimum absolute atomic E-state index is 0.192. The predicted octanol–water partition coefficient (Wildman–Crippen LogP) is 5.75. The van der Waals surface area contributed by atoms with Crippen molar-refractivity contribution in [3.63, 3.8) is 0 Å². The van der Waals surface area contributed by atoms with Gasteiger partial charge < -0.3 is 14.2 Å². The van der Waals surface area contributed by atoms with Gasteiger partial charge in [-0.3, -0.25) is 4.79 Å². The number of esters is 1. The fourth-order valence-electron chi connectivity index (χ4n) is 3.22. The van der Waals surface area contributed by atoms with E-state index in [0.29, 0.717) is 45.5 Å². The zero-order valence-electron chi connectivity index (χ0n) is 19.6. The molecule has 0 unspecified atom stereocenters. The molecule has 0 radical (unpaired) electrons. The predicted molar refractivity (Wildman–Crippen MR) is 143 cm³/mol. The highest BCUT2D eigenvalue weighted by molar-refractivity contribution is 9.10. The average Bonchev–Trinajstić information content (AvgIpc) is 2.84. The van der Waals surface area contributed by atoms with Crippen LogP contribution in [0.4, 0.5) is 0 Å². The van der Waals surface area contributed by atoms with Crippen LogP contribution in [0.2, 0.25) is 5.02 Å². The lowest BCUT2D eigenvalue weighted by atomic mass is 10.2. The number of ether oxygens (including phenoxy) is 3. The topological polar surface area (TPSA) is 92.0 Å². The van der Waals surface area contributed by atoms with Gasteiger partial charge in [0.25, 0.3) is 5.56 Å². The van der Waals surface area contributed by atoms with Crippen molar-refractivity contribution in [2.24, 2.45) is 5.10 Å². The van der Waals surface area contributed by atoms with E-state index in [1.807, 2.05) is 19.9 Å². The van der Waals surface area contributed by atoms with Crippen molar-refractivity contribution in [3.8, 4) is 11.5 Å². The zero-order chi connectivity index (χ0) is 25.7. The fourth-order valence-corrected chi connectivity index (χ4v) is 4.22. The molecule has 0 spiro atoms. The van der Waals surface area contributed by atoms with E-state index in [9.17, 15) is 9.59 Å². The Labute approximate surface area is 224 Å². The quantitative estimate of drug-likeness (QED) is 0.221. The van der Waals surface area contributed by atoms with Gasteiger partial charge in [-0.15, -0.1) is 0 Å². The molecule has 2 aromatic carbocycles. The molecule has 0 aliphatic rings. The molecule has 0 N–H and O–H groups in total. The van der Waals surface area contributed by atoms with Gasteiger partial charge in [-0.25, -0.2) is 9.78 Å². The van der Waals surface area contributed by atoms with Gasteiger partial charge in [0.15, 0.2) is 17.6 Å². The van der Waals surface area contributed by atoms with E-state index >= 15 is 0 Å². The second-order valence-electron chi connectivity index (χ2n) is 7.27. The number of fused-ring (bicyclic) bond motifs is 1. The van der Waals surface area contributed by atoms with Gasteiger partial charge in [-0.2, -0.15) is 9.78 Å². The Kier molecular flexibility index (Phi) is 9.32. The first kappa shape index (κ1) is 27.2. The summed E-state index contributed by atoms with van der Waals surface area (Å²) in [5.41, 5.74) is 0.847. The van der Waals surface area contributed by atoms with Crippen molar-refractivity contribution in [1.29, 1.82) is 0 Å². The van der Waals surface area contributed by atoms with E-state index < -0.39 is 12.1 Å². The lowest BCUT2D eigenvalue weighted by Crippen LogP contribution is -2.26. The third-order valence-corrected chi connectivity index (χ3v) is 6.81. The van der Waals surface area contributed by atoms with Crippen molar-refractivity contribution in [3.05, 3.63) is 60.0 Å². The minimum atomic E-state index is -0.897. The van der Waals surface area contributed by atoms with E-state index in [4.69, 9.17) is 25.8 Å². The number of nitrogens with zero attached hydrogens (tertiary/aromatic N) is 3. The molecule has 0 saturated carbocycles. The molecule has 186 valence electrons. The summed E-state index contributed by atoms with van der Waals surface area (Å²) in [4.78, 5) is 29.8. The lowest BCUT2D eigenvalue weighted by molar-refractivity contribution is -0.150. The first-order valence-corrected chi connectivity index (χ1v) is 12.9. The number of hydrogen-bond donors (Lipinski definition) is 0. The summed E-state index contributed by atoms with van der Waals surface area (Å²) < 4.78 is 19.0. The zero-order valence-corrected chi connectivity index (χ0v) is 23.5. The molecule has 0 amide bonds. The van der Waals surface area contributed by atoms with Crippen molar-refractivity contribution in [2.45, 2.75) is 40.2 Å². The molecule has 0 bridgehead atoms. The standard InChI is InChI=1S/C24H24Br2ClN3O5/c1-5-19-29-17-9-8-15(25)11-16(17)23(31)30(19)28-12-14-10-18(33-6-2)22(21(27)20(14)26)35-13(4)24(32)34-7-3/h8-13H,5-7H2,1-4H3/t13-/m0/s1. The van der Waals surface area contributed by atoms with E-state index in [0.717, 1.165) is 4.47 Å². The number of halogens is 3.